The van der Waals surface area contributed by atoms with E-state index in [1.165, 1.54) is 0 Å². The number of nitrogens with one attached hydrogen (secondary N) is 1. The monoisotopic (exact) mass is 492 g/mol. The second-order valence-corrected chi connectivity index (χ2v) is 8.78. The summed E-state index contributed by atoms with van der Waals surface area (Å²) in [6, 6.07) is 0.114. The van der Waals surface area contributed by atoms with Crippen molar-refractivity contribution in [2.24, 2.45) is 5.92 Å². The maximum absolute atomic E-state index is 4.21. The predicted molar refractivity (Wildman–Crippen MR) is 158 cm³/mol. The SMILES string of the molecule is C=CCN(CC=C)C(C=C)C1CN(C(C=C)N(CC=C)CC=C)NN(C(C=C)N(CC=C)CC=C)C1. The van der Waals surface area contributed by atoms with Crippen LogP contribution < -0.4 is 5.53 Å². The number of nitrogens with zero attached hydrogens (tertiary/aromatic N) is 5. The molecular formula is C30H48N6. The highest BCUT2D eigenvalue weighted by Gasteiger charge is 2.38. The Balaban J connectivity index is 3.49. The third-order valence-electron chi connectivity index (χ3n) is 6.26. The van der Waals surface area contributed by atoms with Crippen molar-refractivity contribution in [1.29, 1.82) is 0 Å². The Morgan fingerprint density at radius 3 is 1.17 bits per heavy atom. The van der Waals surface area contributed by atoms with E-state index < -0.39 is 0 Å². The quantitative estimate of drug-likeness (QED) is 0.241. The van der Waals surface area contributed by atoms with Crippen LogP contribution in [-0.4, -0.2) is 95.4 Å². The molecule has 6 heteroatoms. The van der Waals surface area contributed by atoms with Crippen LogP contribution in [0.15, 0.2) is 114 Å². The molecule has 1 fully saturated rings. The topological polar surface area (TPSA) is 28.2 Å². The summed E-state index contributed by atoms with van der Waals surface area (Å²) in [6.45, 7) is 42.2. The molecular weight excluding hydrogens is 444 g/mol. The molecule has 0 aromatic carbocycles. The van der Waals surface area contributed by atoms with Crippen LogP contribution in [0.1, 0.15) is 0 Å². The van der Waals surface area contributed by atoms with Gasteiger partial charge in [-0.1, -0.05) is 54.7 Å². The van der Waals surface area contributed by atoms with Crippen LogP contribution in [0.3, 0.4) is 0 Å². The molecule has 1 N–H and O–H groups in total. The third-order valence-corrected chi connectivity index (χ3v) is 6.26. The summed E-state index contributed by atoms with van der Waals surface area (Å²) in [5, 5.41) is 4.47. The maximum Gasteiger partial charge on any atom is 0.0963 e. The van der Waals surface area contributed by atoms with Gasteiger partial charge in [0.15, 0.2) is 0 Å². The van der Waals surface area contributed by atoms with Crippen LogP contribution in [0.2, 0.25) is 0 Å². The van der Waals surface area contributed by atoms with Gasteiger partial charge >= 0.3 is 0 Å². The zero-order valence-electron chi connectivity index (χ0n) is 22.3. The Morgan fingerprint density at radius 1 is 0.556 bits per heavy atom. The van der Waals surface area contributed by atoms with E-state index in [-0.39, 0.29) is 24.3 Å². The van der Waals surface area contributed by atoms with Gasteiger partial charge in [0.05, 0.1) is 12.3 Å². The van der Waals surface area contributed by atoms with E-state index in [9.17, 15) is 0 Å². The van der Waals surface area contributed by atoms with Gasteiger partial charge in [-0.3, -0.25) is 14.7 Å². The summed E-state index contributed by atoms with van der Waals surface area (Å²) in [6.07, 6.45) is 17.3. The lowest BCUT2D eigenvalue weighted by Gasteiger charge is -2.51. The molecule has 3 unspecified atom stereocenters. The standard InChI is InChI=1S/C30H48N6/c1-10-19-32(20-11-2)28(16-7)27-25-35(29(17-8)33(21-12-3)22-13-4)31-36(26-27)30(18-9)34(23-14-5)24-15-6/h10-18,27-31H,1-9,19-26H2. The van der Waals surface area contributed by atoms with Crippen molar-refractivity contribution in [3.05, 3.63) is 114 Å². The summed E-state index contributed by atoms with van der Waals surface area (Å²) in [5.41, 5.74) is 3.67. The van der Waals surface area contributed by atoms with Crippen molar-refractivity contribution in [1.82, 2.24) is 30.3 Å². The number of hydrazine groups is 2. The average molecular weight is 493 g/mol. The Labute approximate surface area is 220 Å². The van der Waals surface area contributed by atoms with Gasteiger partial charge in [0, 0.05) is 64.3 Å². The number of hydrogen-bond donors (Lipinski definition) is 1. The summed E-state index contributed by atoms with van der Waals surface area (Å²) in [5.74, 6) is 0.233. The van der Waals surface area contributed by atoms with Crippen LogP contribution in [-0.2, 0) is 0 Å². The van der Waals surface area contributed by atoms with Gasteiger partial charge in [0.1, 0.15) is 0 Å². The average Bonchev–Trinajstić information content (AvgIpc) is 2.86. The van der Waals surface area contributed by atoms with Gasteiger partial charge in [-0.15, -0.1) is 59.2 Å². The molecule has 0 aromatic rings. The van der Waals surface area contributed by atoms with E-state index in [1.54, 1.807) is 0 Å². The second-order valence-electron chi connectivity index (χ2n) is 8.78. The lowest BCUT2D eigenvalue weighted by molar-refractivity contribution is -0.131. The molecule has 3 atom stereocenters. The van der Waals surface area contributed by atoms with E-state index in [2.05, 4.69) is 89.5 Å². The van der Waals surface area contributed by atoms with E-state index in [4.69, 9.17) is 0 Å². The van der Waals surface area contributed by atoms with Gasteiger partial charge in [-0.05, 0) is 0 Å². The fourth-order valence-electron chi connectivity index (χ4n) is 4.84. The normalized spacial score (nSPS) is 19.2. The largest absolute Gasteiger partial charge is 0.289 e. The first-order valence-corrected chi connectivity index (χ1v) is 12.5. The number of rotatable bonds is 21. The second kappa shape index (κ2) is 17.8. The van der Waals surface area contributed by atoms with Crippen LogP contribution in [0.5, 0.6) is 0 Å². The molecule has 1 saturated heterocycles. The zero-order valence-corrected chi connectivity index (χ0v) is 22.3. The molecule has 0 amide bonds. The highest BCUT2D eigenvalue weighted by molar-refractivity contribution is 5.03. The predicted octanol–water partition coefficient (Wildman–Crippen LogP) is 4.24. The first-order chi connectivity index (χ1) is 17.5. The van der Waals surface area contributed by atoms with E-state index in [0.717, 1.165) is 26.2 Å². The maximum atomic E-state index is 4.21. The molecule has 1 aliphatic heterocycles. The Hall–Kier alpha value is -2.58. The zero-order chi connectivity index (χ0) is 26.9. The van der Waals surface area contributed by atoms with Gasteiger partial charge < -0.3 is 0 Å². The van der Waals surface area contributed by atoms with Crippen molar-refractivity contribution < 1.29 is 0 Å². The minimum atomic E-state index is -0.0817. The van der Waals surface area contributed by atoms with Crippen molar-refractivity contribution in [2.75, 3.05) is 52.4 Å². The molecule has 0 bridgehead atoms. The van der Waals surface area contributed by atoms with Gasteiger partial charge in [-0.2, -0.15) is 5.53 Å². The first-order valence-electron chi connectivity index (χ1n) is 12.5. The summed E-state index contributed by atoms with van der Waals surface area (Å²) in [4.78, 5) is 6.88. The molecule has 1 rings (SSSR count). The summed E-state index contributed by atoms with van der Waals surface area (Å²) in [7, 11) is 0. The third kappa shape index (κ3) is 8.82. The van der Waals surface area contributed by atoms with E-state index >= 15 is 0 Å². The fraction of sp³-hybridized carbons (Fsp3) is 0.400. The smallest absolute Gasteiger partial charge is 0.0963 e. The molecule has 0 spiro atoms. The van der Waals surface area contributed by atoms with Crippen molar-refractivity contribution in [3.63, 3.8) is 0 Å². The van der Waals surface area contributed by atoms with E-state index in [1.807, 2.05) is 54.7 Å². The molecule has 0 aromatic heterocycles. The Kier molecular flexibility index (Phi) is 15.5. The van der Waals surface area contributed by atoms with Crippen molar-refractivity contribution in [3.8, 4) is 0 Å². The highest BCUT2D eigenvalue weighted by atomic mass is 15.8. The summed E-state index contributed by atoms with van der Waals surface area (Å²) < 4.78 is 0. The fourth-order valence-corrected chi connectivity index (χ4v) is 4.84. The van der Waals surface area contributed by atoms with Crippen LogP contribution in [0.25, 0.3) is 0 Å². The van der Waals surface area contributed by atoms with Crippen LogP contribution >= 0.6 is 0 Å². The lowest BCUT2D eigenvalue weighted by atomic mass is 9.95. The minimum Gasteiger partial charge on any atom is -0.289 e. The molecule has 1 heterocycles. The molecule has 1 aliphatic rings. The molecule has 0 radical (unpaired) electrons. The van der Waals surface area contributed by atoms with Crippen LogP contribution in [0, 0.1) is 5.92 Å². The van der Waals surface area contributed by atoms with Crippen LogP contribution in [0.4, 0.5) is 0 Å². The van der Waals surface area contributed by atoms with Gasteiger partial charge in [-0.25, -0.2) is 10.0 Å². The molecule has 0 aliphatic carbocycles. The molecule has 0 saturated carbocycles. The first kappa shape index (κ1) is 31.4. The van der Waals surface area contributed by atoms with Crippen molar-refractivity contribution >= 4 is 0 Å². The van der Waals surface area contributed by atoms with Gasteiger partial charge in [0.25, 0.3) is 0 Å². The Morgan fingerprint density at radius 2 is 0.889 bits per heavy atom. The summed E-state index contributed by atoms with van der Waals surface area (Å²) >= 11 is 0. The Bertz CT molecular complexity index is 623. The highest BCUT2D eigenvalue weighted by Crippen LogP contribution is 2.24. The van der Waals surface area contributed by atoms with E-state index in [0.29, 0.717) is 26.2 Å². The molecule has 6 nitrogen and oxygen atoms in total. The molecule has 198 valence electrons. The lowest BCUT2D eigenvalue weighted by Crippen LogP contribution is -2.70. The molecule has 36 heavy (non-hydrogen) atoms. The minimum absolute atomic E-state index is 0.0817. The number of hydrogen-bond acceptors (Lipinski definition) is 6. The van der Waals surface area contributed by atoms with Gasteiger partial charge in [0.2, 0.25) is 0 Å². The van der Waals surface area contributed by atoms with Crippen molar-refractivity contribution in [2.45, 2.75) is 18.4 Å².